The molecule has 4 heteroatoms. The molecule has 32 heavy (non-hydrogen) atoms. The van der Waals surface area contributed by atoms with Gasteiger partial charge in [0.25, 0.3) is 0 Å². The average molecular weight is 480 g/mol. The number of carbonyl (C=O) groups excluding carboxylic acids is 1. The molecule has 0 amide bonds. The maximum absolute atomic E-state index is 12.5. The van der Waals surface area contributed by atoms with Crippen LogP contribution in [0.3, 0.4) is 0 Å². The van der Waals surface area contributed by atoms with E-state index in [4.69, 9.17) is 27.9 Å². The molecule has 0 spiro atoms. The highest BCUT2D eigenvalue weighted by atomic mass is 35.5. The minimum Gasteiger partial charge on any atom is -0.459 e. The maximum atomic E-state index is 12.5. The fourth-order valence-electron chi connectivity index (χ4n) is 6.96. The number of esters is 1. The largest absolute Gasteiger partial charge is 0.459 e. The van der Waals surface area contributed by atoms with Gasteiger partial charge in [-0.3, -0.25) is 0 Å². The first-order valence-electron chi connectivity index (χ1n) is 13.2. The molecule has 3 aliphatic carbocycles. The fourth-order valence-corrected chi connectivity index (χ4v) is 7.26. The molecule has 0 radical (unpaired) electrons. The summed E-state index contributed by atoms with van der Waals surface area (Å²) >= 11 is 12.0. The highest BCUT2D eigenvalue weighted by molar-refractivity contribution is 6.42. The molecule has 0 atom stereocenters. The van der Waals surface area contributed by atoms with E-state index in [0.29, 0.717) is 15.6 Å². The zero-order valence-corrected chi connectivity index (χ0v) is 21.2. The third kappa shape index (κ3) is 6.23. The number of benzene rings is 1. The number of rotatable bonds is 6. The van der Waals surface area contributed by atoms with Crippen molar-refractivity contribution < 1.29 is 9.53 Å². The van der Waals surface area contributed by atoms with Crippen LogP contribution in [-0.2, 0) is 4.74 Å². The van der Waals surface area contributed by atoms with Crippen molar-refractivity contribution in [2.24, 2.45) is 29.6 Å². The van der Waals surface area contributed by atoms with Gasteiger partial charge in [-0.05, 0) is 112 Å². The van der Waals surface area contributed by atoms with Gasteiger partial charge < -0.3 is 4.74 Å². The Labute approximate surface area is 204 Å². The Balaban J connectivity index is 1.17. The first-order valence-corrected chi connectivity index (χ1v) is 13.9. The zero-order chi connectivity index (χ0) is 22.5. The van der Waals surface area contributed by atoms with Crippen molar-refractivity contribution in [3.63, 3.8) is 0 Å². The van der Waals surface area contributed by atoms with Gasteiger partial charge in [0.05, 0.1) is 15.6 Å². The predicted octanol–water partition coefficient (Wildman–Crippen LogP) is 9.12. The standard InChI is InChI=1S/C28H40Cl2O2/c1-2-3-19-4-6-20(7-5-19)21-8-10-22(11-9-21)23-12-15-25(16-13-23)32-28(31)24-14-17-26(29)27(30)18-24/h14,17-23,25H,2-13,15-16H2,1H3. The summed E-state index contributed by atoms with van der Waals surface area (Å²) in [6.45, 7) is 2.33. The van der Waals surface area contributed by atoms with Crippen molar-refractivity contribution >= 4 is 29.2 Å². The number of hydrogen-bond donors (Lipinski definition) is 0. The molecule has 0 unspecified atom stereocenters. The van der Waals surface area contributed by atoms with Crippen molar-refractivity contribution in [1.29, 1.82) is 0 Å². The molecule has 0 N–H and O–H groups in total. The summed E-state index contributed by atoms with van der Waals surface area (Å²) in [7, 11) is 0. The molecular formula is C28H40Cl2O2. The van der Waals surface area contributed by atoms with Gasteiger partial charge >= 0.3 is 5.97 Å². The summed E-state index contributed by atoms with van der Waals surface area (Å²) in [4.78, 5) is 12.5. The molecule has 2 nitrogen and oxygen atoms in total. The van der Waals surface area contributed by atoms with E-state index in [1.54, 1.807) is 18.2 Å². The second kappa shape index (κ2) is 11.6. The highest BCUT2D eigenvalue weighted by Crippen LogP contribution is 2.46. The van der Waals surface area contributed by atoms with E-state index in [2.05, 4.69) is 6.92 Å². The lowest BCUT2D eigenvalue weighted by Crippen LogP contribution is -2.31. The second-order valence-electron chi connectivity index (χ2n) is 10.8. The van der Waals surface area contributed by atoms with Crippen molar-refractivity contribution in [2.75, 3.05) is 0 Å². The maximum Gasteiger partial charge on any atom is 0.338 e. The third-order valence-electron chi connectivity index (χ3n) is 8.89. The Morgan fingerprint density at radius 3 is 1.78 bits per heavy atom. The van der Waals surface area contributed by atoms with Gasteiger partial charge in [-0.15, -0.1) is 0 Å². The molecule has 0 heterocycles. The lowest BCUT2D eigenvalue weighted by molar-refractivity contribution is 0.00997. The Bertz CT molecular complexity index is 740. The molecule has 0 aliphatic heterocycles. The smallest absolute Gasteiger partial charge is 0.338 e. The van der Waals surface area contributed by atoms with Crippen LogP contribution < -0.4 is 0 Å². The van der Waals surface area contributed by atoms with E-state index >= 15 is 0 Å². The Kier molecular flexibility index (Phi) is 8.85. The summed E-state index contributed by atoms with van der Waals surface area (Å²) in [6, 6.07) is 4.95. The molecule has 1 aromatic carbocycles. The predicted molar refractivity (Wildman–Crippen MR) is 133 cm³/mol. The number of ether oxygens (including phenoxy) is 1. The van der Waals surface area contributed by atoms with Crippen LogP contribution in [0.1, 0.15) is 107 Å². The van der Waals surface area contributed by atoms with E-state index in [9.17, 15) is 4.79 Å². The van der Waals surface area contributed by atoms with Crippen LogP contribution in [0.5, 0.6) is 0 Å². The molecule has 3 saturated carbocycles. The molecular weight excluding hydrogens is 439 g/mol. The Morgan fingerprint density at radius 2 is 1.28 bits per heavy atom. The number of carbonyl (C=O) groups is 1. The molecule has 3 fully saturated rings. The molecule has 1 aromatic rings. The van der Waals surface area contributed by atoms with Gasteiger partial charge in [0, 0.05) is 0 Å². The van der Waals surface area contributed by atoms with Gasteiger partial charge in [-0.1, -0.05) is 55.8 Å². The summed E-state index contributed by atoms with van der Waals surface area (Å²) in [5.41, 5.74) is 0.489. The van der Waals surface area contributed by atoms with Gasteiger partial charge in [0.15, 0.2) is 0 Å². The van der Waals surface area contributed by atoms with Crippen LogP contribution >= 0.6 is 23.2 Å². The van der Waals surface area contributed by atoms with E-state index < -0.39 is 0 Å². The van der Waals surface area contributed by atoms with Crippen LogP contribution in [0.15, 0.2) is 18.2 Å². The van der Waals surface area contributed by atoms with E-state index in [1.807, 2.05) is 0 Å². The van der Waals surface area contributed by atoms with E-state index in [-0.39, 0.29) is 12.1 Å². The minimum absolute atomic E-state index is 0.0443. The normalized spacial score (nSPS) is 33.6. The lowest BCUT2D eigenvalue weighted by Gasteiger charge is -2.41. The topological polar surface area (TPSA) is 26.3 Å². The van der Waals surface area contributed by atoms with Gasteiger partial charge in [0.2, 0.25) is 0 Å². The molecule has 4 rings (SSSR count). The second-order valence-corrected chi connectivity index (χ2v) is 11.6. The molecule has 0 bridgehead atoms. The Morgan fingerprint density at radius 1 is 0.781 bits per heavy atom. The summed E-state index contributed by atoms with van der Waals surface area (Å²) < 4.78 is 5.79. The average Bonchev–Trinajstić information content (AvgIpc) is 2.82. The molecule has 0 aromatic heterocycles. The monoisotopic (exact) mass is 478 g/mol. The fraction of sp³-hybridized carbons (Fsp3) is 0.750. The minimum atomic E-state index is -0.277. The van der Waals surface area contributed by atoms with Gasteiger partial charge in [-0.2, -0.15) is 0 Å². The van der Waals surface area contributed by atoms with Crippen LogP contribution in [0.25, 0.3) is 0 Å². The van der Waals surface area contributed by atoms with Gasteiger partial charge in [0.1, 0.15) is 6.10 Å². The SMILES string of the molecule is CCCC1CCC(C2CCC(C3CCC(OC(=O)c4ccc(Cl)c(Cl)c4)CC3)CC2)CC1. The highest BCUT2D eigenvalue weighted by Gasteiger charge is 2.35. The summed E-state index contributed by atoms with van der Waals surface area (Å²) in [6.07, 6.45) is 19.0. The van der Waals surface area contributed by atoms with E-state index in [0.717, 1.165) is 42.4 Å². The number of halogens is 2. The van der Waals surface area contributed by atoms with Crippen LogP contribution in [0, 0.1) is 29.6 Å². The molecule has 178 valence electrons. The van der Waals surface area contributed by atoms with E-state index in [1.165, 1.54) is 77.0 Å². The third-order valence-corrected chi connectivity index (χ3v) is 9.63. The summed E-state index contributed by atoms with van der Waals surface area (Å²) in [5.74, 6) is 4.48. The lowest BCUT2D eigenvalue weighted by atomic mass is 9.65. The van der Waals surface area contributed by atoms with Crippen molar-refractivity contribution in [3.05, 3.63) is 33.8 Å². The first-order chi connectivity index (χ1) is 15.5. The van der Waals surface area contributed by atoms with Crippen LogP contribution in [0.4, 0.5) is 0 Å². The zero-order valence-electron chi connectivity index (χ0n) is 19.7. The number of hydrogen-bond acceptors (Lipinski definition) is 2. The molecule has 0 saturated heterocycles. The van der Waals surface area contributed by atoms with Crippen molar-refractivity contribution in [1.82, 2.24) is 0 Å². The first kappa shape index (κ1) is 24.4. The van der Waals surface area contributed by atoms with Crippen molar-refractivity contribution in [3.8, 4) is 0 Å². The van der Waals surface area contributed by atoms with Crippen LogP contribution in [-0.4, -0.2) is 12.1 Å². The van der Waals surface area contributed by atoms with Crippen LogP contribution in [0.2, 0.25) is 10.0 Å². The Hall–Kier alpha value is -0.730. The molecule has 3 aliphatic rings. The quantitative estimate of drug-likeness (QED) is 0.380. The van der Waals surface area contributed by atoms with Crippen molar-refractivity contribution in [2.45, 2.75) is 103 Å². The van der Waals surface area contributed by atoms with Gasteiger partial charge in [-0.25, -0.2) is 4.79 Å². The summed E-state index contributed by atoms with van der Waals surface area (Å²) in [5, 5.41) is 0.858.